The van der Waals surface area contributed by atoms with Crippen molar-refractivity contribution in [3.05, 3.63) is 56.0 Å². The number of esters is 1. The molecular weight excluding hydrogens is 424 g/mol. The van der Waals surface area contributed by atoms with Crippen molar-refractivity contribution in [2.75, 3.05) is 24.6 Å². The van der Waals surface area contributed by atoms with Crippen LogP contribution in [0, 0.1) is 0 Å². The Bertz CT molecular complexity index is 1250. The number of fused-ring (bicyclic) bond motifs is 1. The Labute approximate surface area is 182 Å². The van der Waals surface area contributed by atoms with Crippen molar-refractivity contribution in [1.82, 2.24) is 24.1 Å². The van der Waals surface area contributed by atoms with Crippen molar-refractivity contribution in [3.63, 3.8) is 0 Å². The molecule has 0 unspecified atom stereocenters. The number of aromatic nitrogens is 5. The molecule has 1 aliphatic rings. The Morgan fingerprint density at radius 1 is 1.13 bits per heavy atom. The van der Waals surface area contributed by atoms with E-state index in [0.717, 1.165) is 0 Å². The molecule has 0 radical (unpaired) electrons. The second-order valence-corrected chi connectivity index (χ2v) is 7.68. The molecule has 3 aromatic heterocycles. The lowest BCUT2D eigenvalue weighted by molar-refractivity contribution is 0.0525. The molecule has 4 rings (SSSR count). The van der Waals surface area contributed by atoms with E-state index in [0.29, 0.717) is 53.6 Å². The molecule has 1 fully saturated rings. The normalized spacial score (nSPS) is 14.7. The molecule has 162 valence electrons. The van der Waals surface area contributed by atoms with Crippen LogP contribution in [0.2, 0.25) is 5.02 Å². The highest BCUT2D eigenvalue weighted by atomic mass is 35.5. The number of rotatable bonds is 4. The number of hydrogen-bond donors (Lipinski definition) is 0. The van der Waals surface area contributed by atoms with Crippen LogP contribution in [0.5, 0.6) is 0 Å². The molecular formula is C20H21ClN6O4. The number of halogens is 1. The molecule has 10 nitrogen and oxygen atoms in total. The third-order valence-electron chi connectivity index (χ3n) is 5.37. The van der Waals surface area contributed by atoms with Gasteiger partial charge in [-0.05, 0) is 25.8 Å². The third kappa shape index (κ3) is 3.90. The van der Waals surface area contributed by atoms with E-state index in [2.05, 4.69) is 15.0 Å². The quantitative estimate of drug-likeness (QED) is 0.440. The van der Waals surface area contributed by atoms with Gasteiger partial charge in [0, 0.05) is 44.8 Å². The number of carbonyl (C=O) groups is 1. The number of anilines is 1. The number of nitrogens with zero attached hydrogens (tertiary/aromatic N) is 6. The number of ether oxygens (including phenoxy) is 1. The molecule has 11 heteroatoms. The van der Waals surface area contributed by atoms with Gasteiger partial charge in [-0.2, -0.15) is 0 Å². The minimum atomic E-state index is -0.614. The Morgan fingerprint density at radius 2 is 1.81 bits per heavy atom. The highest BCUT2D eigenvalue weighted by molar-refractivity contribution is 6.31. The summed E-state index contributed by atoms with van der Waals surface area (Å²) >= 11 is 6.04. The van der Waals surface area contributed by atoms with Crippen LogP contribution >= 0.6 is 11.6 Å². The second-order valence-electron chi connectivity index (χ2n) is 7.25. The lowest BCUT2D eigenvalue weighted by Gasteiger charge is -2.33. The van der Waals surface area contributed by atoms with Gasteiger partial charge in [-0.1, -0.05) is 11.6 Å². The van der Waals surface area contributed by atoms with Gasteiger partial charge in [-0.15, -0.1) is 0 Å². The van der Waals surface area contributed by atoms with Crippen LogP contribution in [0.4, 0.5) is 5.95 Å². The van der Waals surface area contributed by atoms with E-state index in [-0.39, 0.29) is 12.6 Å². The Balaban J connectivity index is 1.57. The summed E-state index contributed by atoms with van der Waals surface area (Å²) in [6, 6.07) is 1.45. The zero-order chi connectivity index (χ0) is 22.1. The second kappa shape index (κ2) is 8.46. The van der Waals surface area contributed by atoms with Gasteiger partial charge in [0.05, 0.1) is 22.7 Å². The predicted octanol–water partition coefficient (Wildman–Crippen LogP) is 1.56. The summed E-state index contributed by atoms with van der Waals surface area (Å²) in [6.07, 6.45) is 5.57. The number of piperidine rings is 1. The Morgan fingerprint density at radius 3 is 2.45 bits per heavy atom. The summed E-state index contributed by atoms with van der Waals surface area (Å²) in [5.41, 5.74) is 0.0287. The average molecular weight is 445 g/mol. The molecule has 1 aliphatic heterocycles. The molecule has 0 aromatic carbocycles. The van der Waals surface area contributed by atoms with Crippen LogP contribution in [0.25, 0.3) is 11.2 Å². The van der Waals surface area contributed by atoms with Gasteiger partial charge in [0.25, 0.3) is 0 Å². The lowest BCUT2D eigenvalue weighted by atomic mass is 10.0. The topological polar surface area (TPSA) is 112 Å². The molecule has 4 heterocycles. The maximum Gasteiger partial charge on any atom is 0.341 e. The van der Waals surface area contributed by atoms with Crippen molar-refractivity contribution in [2.24, 2.45) is 7.05 Å². The largest absolute Gasteiger partial charge is 0.462 e. The van der Waals surface area contributed by atoms with Gasteiger partial charge in [0.1, 0.15) is 0 Å². The van der Waals surface area contributed by atoms with Gasteiger partial charge in [0.2, 0.25) is 5.95 Å². The van der Waals surface area contributed by atoms with Gasteiger partial charge in [0.15, 0.2) is 5.65 Å². The molecule has 0 amide bonds. The van der Waals surface area contributed by atoms with Crippen LogP contribution < -0.4 is 16.0 Å². The van der Waals surface area contributed by atoms with E-state index >= 15 is 0 Å². The first-order valence-electron chi connectivity index (χ1n) is 9.91. The summed E-state index contributed by atoms with van der Waals surface area (Å²) in [7, 11) is 1.54. The van der Waals surface area contributed by atoms with Crippen LogP contribution in [-0.4, -0.2) is 49.8 Å². The Hall–Kier alpha value is -3.27. The molecule has 0 aliphatic carbocycles. The van der Waals surface area contributed by atoms with E-state index < -0.39 is 17.1 Å². The molecule has 0 N–H and O–H groups in total. The fourth-order valence-electron chi connectivity index (χ4n) is 3.77. The highest BCUT2D eigenvalue weighted by Crippen LogP contribution is 2.26. The third-order valence-corrected chi connectivity index (χ3v) is 5.58. The molecule has 0 atom stereocenters. The van der Waals surface area contributed by atoms with E-state index in [9.17, 15) is 14.4 Å². The van der Waals surface area contributed by atoms with Crippen LogP contribution in [0.1, 0.15) is 36.2 Å². The van der Waals surface area contributed by atoms with Gasteiger partial charge >= 0.3 is 17.1 Å². The maximum atomic E-state index is 12.8. The molecule has 1 saturated heterocycles. The number of carbonyl (C=O) groups excluding carboxylic acids is 1. The SMILES string of the molecule is CCOC(=O)c1cnc(N2CCC(n3c(=O)c(=O)n(C)c4cc(Cl)cnc43)CC2)nc1. The number of aryl methyl sites for hydroxylation is 1. The summed E-state index contributed by atoms with van der Waals surface area (Å²) in [5.74, 6) is 0.0369. The first kappa shape index (κ1) is 21.0. The molecule has 0 spiro atoms. The van der Waals surface area contributed by atoms with Gasteiger partial charge in [-0.25, -0.2) is 19.7 Å². The zero-order valence-electron chi connectivity index (χ0n) is 17.1. The van der Waals surface area contributed by atoms with E-state index in [1.54, 1.807) is 13.0 Å². The van der Waals surface area contributed by atoms with Crippen LogP contribution in [-0.2, 0) is 11.8 Å². The Kier molecular flexibility index (Phi) is 5.73. The average Bonchev–Trinajstić information content (AvgIpc) is 2.79. The number of pyridine rings is 1. The molecule has 0 bridgehead atoms. The number of hydrogen-bond acceptors (Lipinski definition) is 8. The summed E-state index contributed by atoms with van der Waals surface area (Å²) in [4.78, 5) is 51.8. The van der Waals surface area contributed by atoms with Gasteiger partial charge in [-0.3, -0.25) is 14.2 Å². The van der Waals surface area contributed by atoms with Crippen LogP contribution in [0.3, 0.4) is 0 Å². The van der Waals surface area contributed by atoms with Gasteiger partial charge < -0.3 is 14.2 Å². The van der Waals surface area contributed by atoms with Crippen molar-refractivity contribution in [2.45, 2.75) is 25.8 Å². The van der Waals surface area contributed by atoms with Crippen molar-refractivity contribution in [3.8, 4) is 0 Å². The van der Waals surface area contributed by atoms with Crippen molar-refractivity contribution >= 4 is 34.7 Å². The van der Waals surface area contributed by atoms with Crippen molar-refractivity contribution in [1.29, 1.82) is 0 Å². The molecule has 3 aromatic rings. The monoisotopic (exact) mass is 444 g/mol. The summed E-state index contributed by atoms with van der Waals surface area (Å²) in [6.45, 7) is 3.19. The molecule has 31 heavy (non-hydrogen) atoms. The maximum absolute atomic E-state index is 12.8. The standard InChI is InChI=1S/C20H21ClN6O4/c1-3-31-19(30)12-9-23-20(24-10-12)26-6-4-14(5-7-26)27-16-15(8-13(21)11-22-16)25(2)17(28)18(27)29/h8-11,14H,3-7H2,1-2H3. The summed E-state index contributed by atoms with van der Waals surface area (Å²) < 4.78 is 7.70. The minimum absolute atomic E-state index is 0.187. The lowest BCUT2D eigenvalue weighted by Crippen LogP contribution is -2.45. The fraction of sp³-hybridized carbons (Fsp3) is 0.400. The first-order valence-corrected chi connectivity index (χ1v) is 10.3. The zero-order valence-corrected chi connectivity index (χ0v) is 17.9. The van der Waals surface area contributed by atoms with Crippen molar-refractivity contribution < 1.29 is 9.53 Å². The minimum Gasteiger partial charge on any atom is -0.462 e. The van der Waals surface area contributed by atoms with E-state index in [1.807, 2.05) is 4.90 Å². The molecule has 0 saturated carbocycles. The van der Waals surface area contributed by atoms with Crippen LogP contribution in [0.15, 0.2) is 34.2 Å². The van der Waals surface area contributed by atoms with E-state index in [4.69, 9.17) is 16.3 Å². The summed E-state index contributed by atoms with van der Waals surface area (Å²) in [5, 5.41) is 0.394. The predicted molar refractivity (Wildman–Crippen MR) is 115 cm³/mol. The highest BCUT2D eigenvalue weighted by Gasteiger charge is 2.26. The fourth-order valence-corrected chi connectivity index (χ4v) is 3.93. The smallest absolute Gasteiger partial charge is 0.341 e. The first-order chi connectivity index (χ1) is 14.9. The van der Waals surface area contributed by atoms with E-state index in [1.165, 1.54) is 34.8 Å².